The van der Waals surface area contributed by atoms with E-state index < -0.39 is 5.76 Å². The monoisotopic (exact) mass is 411 g/mol. The number of amides is 1. The number of nitrogens with one attached hydrogen (secondary N) is 1. The second-order valence-electron chi connectivity index (χ2n) is 7.50. The second-order valence-corrected chi connectivity index (χ2v) is 7.50. The molecule has 1 aliphatic heterocycles. The van der Waals surface area contributed by atoms with Crippen molar-refractivity contribution in [3.05, 3.63) is 58.1 Å². The minimum atomic E-state index is -0.481. The SMILES string of the molecule is COc1cc(CN2CCC(NC(=O)c3cccc4c3oc(=O)n4C)C2)cc(OC)c1. The molecule has 1 amide bonds. The number of likely N-dealkylation sites (tertiary alicyclic amines) is 1. The summed E-state index contributed by atoms with van der Waals surface area (Å²) in [5.41, 5.74) is 2.39. The van der Waals surface area contributed by atoms with Gasteiger partial charge in [-0.2, -0.15) is 0 Å². The maximum atomic E-state index is 12.8. The third kappa shape index (κ3) is 3.91. The summed E-state index contributed by atoms with van der Waals surface area (Å²) >= 11 is 0. The predicted molar refractivity (Wildman–Crippen MR) is 112 cm³/mol. The van der Waals surface area contributed by atoms with Gasteiger partial charge in [0.25, 0.3) is 5.91 Å². The molecule has 0 radical (unpaired) electrons. The number of hydrogen-bond donors (Lipinski definition) is 1. The minimum Gasteiger partial charge on any atom is -0.497 e. The number of rotatable bonds is 6. The number of para-hydroxylation sites is 1. The van der Waals surface area contributed by atoms with Crippen molar-refractivity contribution in [2.75, 3.05) is 27.3 Å². The molecule has 1 aliphatic rings. The quantitative estimate of drug-likeness (QED) is 0.669. The highest BCUT2D eigenvalue weighted by molar-refractivity contribution is 6.04. The molecule has 0 aliphatic carbocycles. The summed E-state index contributed by atoms with van der Waals surface area (Å²) < 4.78 is 17.3. The Morgan fingerprint density at radius 1 is 1.20 bits per heavy atom. The van der Waals surface area contributed by atoms with Crippen LogP contribution >= 0.6 is 0 Å². The van der Waals surface area contributed by atoms with Crippen molar-refractivity contribution in [1.82, 2.24) is 14.8 Å². The Morgan fingerprint density at radius 2 is 1.93 bits per heavy atom. The molecule has 0 saturated carbocycles. The molecule has 4 rings (SSSR count). The van der Waals surface area contributed by atoms with E-state index in [-0.39, 0.29) is 11.9 Å². The minimum absolute atomic E-state index is 0.0238. The van der Waals surface area contributed by atoms with Crippen LogP contribution in [0.1, 0.15) is 22.3 Å². The number of ether oxygens (including phenoxy) is 2. The van der Waals surface area contributed by atoms with Gasteiger partial charge in [-0.25, -0.2) is 4.79 Å². The first-order valence-corrected chi connectivity index (χ1v) is 9.82. The van der Waals surface area contributed by atoms with E-state index in [4.69, 9.17) is 13.9 Å². The molecule has 2 heterocycles. The first kappa shape index (κ1) is 20.0. The summed E-state index contributed by atoms with van der Waals surface area (Å²) in [6.45, 7) is 2.35. The Kier molecular flexibility index (Phi) is 5.50. The highest BCUT2D eigenvalue weighted by atomic mass is 16.5. The van der Waals surface area contributed by atoms with Crippen molar-refractivity contribution in [2.24, 2.45) is 7.05 Å². The average molecular weight is 411 g/mol. The number of benzene rings is 2. The molecule has 3 aromatic rings. The van der Waals surface area contributed by atoms with E-state index in [9.17, 15) is 9.59 Å². The summed E-state index contributed by atoms with van der Waals surface area (Å²) in [5.74, 6) is 0.799. The lowest BCUT2D eigenvalue weighted by atomic mass is 10.1. The molecule has 1 aromatic heterocycles. The molecule has 8 nitrogen and oxygen atoms in total. The Bertz CT molecular complexity index is 1110. The lowest BCUT2D eigenvalue weighted by molar-refractivity contribution is 0.0938. The number of aryl methyl sites for hydroxylation is 1. The van der Waals surface area contributed by atoms with Crippen molar-refractivity contribution in [1.29, 1.82) is 0 Å². The van der Waals surface area contributed by atoms with Crippen molar-refractivity contribution in [3.63, 3.8) is 0 Å². The van der Waals surface area contributed by atoms with E-state index in [0.717, 1.165) is 43.1 Å². The lowest BCUT2D eigenvalue weighted by Crippen LogP contribution is -2.37. The van der Waals surface area contributed by atoms with Gasteiger partial charge in [-0.15, -0.1) is 0 Å². The standard InChI is InChI=1S/C22H25N3O5/c1-24-19-6-4-5-18(20(19)30-22(24)27)21(26)23-15-7-8-25(13-15)12-14-9-16(28-2)11-17(10-14)29-3/h4-6,9-11,15H,7-8,12-13H2,1-3H3,(H,23,26). The van der Waals surface area contributed by atoms with Crippen LogP contribution in [0.4, 0.5) is 0 Å². The average Bonchev–Trinajstić information content (AvgIpc) is 3.31. The maximum absolute atomic E-state index is 12.8. The van der Waals surface area contributed by atoms with Crippen LogP contribution in [0, 0.1) is 0 Å². The maximum Gasteiger partial charge on any atom is 0.419 e. The highest BCUT2D eigenvalue weighted by Crippen LogP contribution is 2.25. The molecule has 30 heavy (non-hydrogen) atoms. The molecular formula is C22H25N3O5. The fourth-order valence-corrected chi connectivity index (χ4v) is 3.90. The molecule has 1 N–H and O–H groups in total. The number of fused-ring (bicyclic) bond motifs is 1. The third-order valence-corrected chi connectivity index (χ3v) is 5.49. The van der Waals surface area contributed by atoms with E-state index in [1.54, 1.807) is 39.5 Å². The fraction of sp³-hybridized carbons (Fsp3) is 0.364. The summed E-state index contributed by atoms with van der Waals surface area (Å²) in [6.07, 6.45) is 0.849. The number of carbonyl (C=O) groups excluding carboxylic acids is 1. The van der Waals surface area contributed by atoms with Gasteiger partial charge in [-0.1, -0.05) is 6.07 Å². The Hall–Kier alpha value is -3.26. The number of methoxy groups -OCH3 is 2. The summed E-state index contributed by atoms with van der Waals surface area (Å²) in [7, 11) is 4.89. The van der Waals surface area contributed by atoms with Gasteiger partial charge < -0.3 is 19.2 Å². The van der Waals surface area contributed by atoms with Crippen LogP contribution in [0.5, 0.6) is 11.5 Å². The Balaban J connectivity index is 1.43. The molecule has 1 fully saturated rings. The van der Waals surface area contributed by atoms with Crippen LogP contribution in [-0.2, 0) is 13.6 Å². The number of oxazole rings is 1. The predicted octanol–water partition coefficient (Wildman–Crippen LogP) is 2.15. The third-order valence-electron chi connectivity index (χ3n) is 5.49. The van der Waals surface area contributed by atoms with Gasteiger partial charge in [0, 0.05) is 38.8 Å². The molecule has 2 aromatic carbocycles. The van der Waals surface area contributed by atoms with Crippen LogP contribution in [-0.4, -0.2) is 48.7 Å². The molecule has 1 atom stereocenters. The van der Waals surface area contributed by atoms with Crippen molar-refractivity contribution >= 4 is 17.0 Å². The van der Waals surface area contributed by atoms with Gasteiger partial charge in [0.1, 0.15) is 11.5 Å². The normalized spacial score (nSPS) is 16.7. The highest BCUT2D eigenvalue weighted by Gasteiger charge is 2.26. The van der Waals surface area contributed by atoms with Gasteiger partial charge in [-0.05, 0) is 36.2 Å². The van der Waals surface area contributed by atoms with E-state index in [1.807, 2.05) is 18.2 Å². The number of hydrogen-bond acceptors (Lipinski definition) is 6. The van der Waals surface area contributed by atoms with Gasteiger partial charge in [0.15, 0.2) is 5.58 Å². The first-order chi connectivity index (χ1) is 14.5. The number of nitrogens with zero attached hydrogens (tertiary/aromatic N) is 2. The molecule has 0 bridgehead atoms. The molecule has 8 heteroatoms. The topological polar surface area (TPSA) is 85.9 Å². The lowest BCUT2D eigenvalue weighted by Gasteiger charge is -2.18. The second kappa shape index (κ2) is 8.23. The van der Waals surface area contributed by atoms with Gasteiger partial charge in [-0.3, -0.25) is 14.3 Å². The summed E-state index contributed by atoms with van der Waals surface area (Å²) in [6, 6.07) is 11.0. The van der Waals surface area contributed by atoms with Crippen molar-refractivity contribution in [2.45, 2.75) is 19.0 Å². The van der Waals surface area contributed by atoms with E-state index in [0.29, 0.717) is 16.7 Å². The molecule has 1 unspecified atom stereocenters. The molecule has 0 spiro atoms. The molecule has 1 saturated heterocycles. The van der Waals surface area contributed by atoms with E-state index in [1.165, 1.54) is 4.57 Å². The van der Waals surface area contributed by atoms with E-state index in [2.05, 4.69) is 10.2 Å². The van der Waals surface area contributed by atoms with Crippen LogP contribution < -0.4 is 20.5 Å². The zero-order chi connectivity index (χ0) is 21.3. The number of carbonyl (C=O) groups is 1. The molecule has 158 valence electrons. The van der Waals surface area contributed by atoms with E-state index >= 15 is 0 Å². The fourth-order valence-electron chi connectivity index (χ4n) is 3.90. The largest absolute Gasteiger partial charge is 0.497 e. The van der Waals surface area contributed by atoms with Gasteiger partial charge in [0.05, 0.1) is 25.3 Å². The summed E-state index contributed by atoms with van der Waals surface area (Å²) in [5, 5.41) is 3.08. The van der Waals surface area contributed by atoms with Crippen LogP contribution in [0.2, 0.25) is 0 Å². The smallest absolute Gasteiger partial charge is 0.419 e. The van der Waals surface area contributed by atoms with Gasteiger partial charge >= 0.3 is 5.76 Å². The Labute approximate surface area is 174 Å². The Morgan fingerprint density at radius 3 is 2.63 bits per heavy atom. The zero-order valence-electron chi connectivity index (χ0n) is 17.3. The summed E-state index contributed by atoms with van der Waals surface area (Å²) in [4.78, 5) is 26.9. The van der Waals surface area contributed by atoms with Crippen LogP contribution in [0.15, 0.2) is 45.6 Å². The molecular weight excluding hydrogens is 386 g/mol. The van der Waals surface area contributed by atoms with Gasteiger partial charge in [0.2, 0.25) is 0 Å². The van der Waals surface area contributed by atoms with Crippen molar-refractivity contribution in [3.8, 4) is 11.5 Å². The zero-order valence-corrected chi connectivity index (χ0v) is 17.3. The van der Waals surface area contributed by atoms with Crippen molar-refractivity contribution < 1.29 is 18.7 Å². The first-order valence-electron chi connectivity index (χ1n) is 9.82. The van der Waals surface area contributed by atoms with Crippen LogP contribution in [0.3, 0.4) is 0 Å². The van der Waals surface area contributed by atoms with Crippen LogP contribution in [0.25, 0.3) is 11.1 Å². The number of aromatic nitrogens is 1.